The van der Waals surface area contributed by atoms with Crippen molar-refractivity contribution in [2.24, 2.45) is 5.92 Å². The molecule has 2 saturated heterocycles. The molecule has 3 heterocycles. The van der Waals surface area contributed by atoms with Crippen molar-refractivity contribution in [1.82, 2.24) is 15.0 Å². The summed E-state index contributed by atoms with van der Waals surface area (Å²) in [7, 11) is 0. The highest BCUT2D eigenvalue weighted by molar-refractivity contribution is 6.28. The molecule has 1 aromatic rings. The summed E-state index contributed by atoms with van der Waals surface area (Å²) >= 11 is 6.13. The van der Waals surface area contributed by atoms with Gasteiger partial charge in [-0.05, 0) is 37.3 Å². The van der Waals surface area contributed by atoms with Crippen LogP contribution in [-0.2, 0) is 4.74 Å². The molecule has 0 N–H and O–H groups in total. The van der Waals surface area contributed by atoms with Gasteiger partial charge in [-0.2, -0.15) is 15.0 Å². The largest absolute Gasteiger partial charge is 0.378 e. The van der Waals surface area contributed by atoms with Gasteiger partial charge in [0.25, 0.3) is 0 Å². The molecule has 0 saturated carbocycles. The van der Waals surface area contributed by atoms with Crippen LogP contribution >= 0.6 is 11.6 Å². The summed E-state index contributed by atoms with van der Waals surface area (Å²) in [5.74, 6) is 2.03. The number of halogens is 1. The Balaban J connectivity index is 1.86. The van der Waals surface area contributed by atoms with Gasteiger partial charge in [-0.3, -0.25) is 0 Å². The van der Waals surface area contributed by atoms with Crippen LogP contribution < -0.4 is 9.80 Å². The summed E-state index contributed by atoms with van der Waals surface area (Å²) in [6, 6.07) is 0.442. The molecule has 6 nitrogen and oxygen atoms in total. The fourth-order valence-electron chi connectivity index (χ4n) is 2.93. The number of rotatable bonds is 2. The Morgan fingerprint density at radius 3 is 2.52 bits per heavy atom. The average Bonchev–Trinajstić information content (AvgIpc) is 2.50. The topological polar surface area (TPSA) is 54.4 Å². The third kappa shape index (κ3) is 3.37. The molecule has 116 valence electrons. The SMILES string of the molecule is CC1CCC(C)N(c2nc(Cl)nc(N3CCOCC3)n2)C1. The van der Waals surface area contributed by atoms with E-state index < -0.39 is 0 Å². The van der Waals surface area contributed by atoms with Crippen molar-refractivity contribution < 1.29 is 4.74 Å². The van der Waals surface area contributed by atoms with Crippen molar-refractivity contribution in [3.8, 4) is 0 Å². The lowest BCUT2D eigenvalue weighted by Gasteiger charge is -2.37. The minimum Gasteiger partial charge on any atom is -0.378 e. The molecule has 2 fully saturated rings. The lowest BCUT2D eigenvalue weighted by molar-refractivity contribution is 0.122. The first-order chi connectivity index (χ1) is 10.1. The monoisotopic (exact) mass is 311 g/mol. The number of aromatic nitrogens is 3. The molecular formula is C14H22ClN5O. The predicted molar refractivity (Wildman–Crippen MR) is 83.1 cm³/mol. The summed E-state index contributed by atoms with van der Waals surface area (Å²) < 4.78 is 5.37. The van der Waals surface area contributed by atoms with Gasteiger partial charge in [-0.1, -0.05) is 6.92 Å². The van der Waals surface area contributed by atoms with Crippen molar-refractivity contribution in [2.45, 2.75) is 32.7 Å². The third-order valence-electron chi connectivity index (χ3n) is 4.25. The van der Waals surface area contributed by atoms with E-state index >= 15 is 0 Å². The van der Waals surface area contributed by atoms with E-state index in [0.717, 1.165) is 26.1 Å². The zero-order valence-electron chi connectivity index (χ0n) is 12.6. The molecule has 0 radical (unpaired) electrons. The van der Waals surface area contributed by atoms with E-state index in [4.69, 9.17) is 16.3 Å². The Bertz CT molecular complexity index is 494. The summed E-state index contributed by atoms with van der Waals surface area (Å²) in [6.07, 6.45) is 2.42. The normalized spacial score (nSPS) is 27.0. The molecule has 3 rings (SSSR count). The van der Waals surface area contributed by atoms with Crippen LogP contribution in [-0.4, -0.2) is 53.8 Å². The second-order valence-electron chi connectivity index (χ2n) is 5.99. The molecule has 0 aromatic carbocycles. The van der Waals surface area contributed by atoms with Crippen molar-refractivity contribution in [3.63, 3.8) is 0 Å². The molecule has 2 unspecified atom stereocenters. The van der Waals surface area contributed by atoms with Gasteiger partial charge in [-0.25, -0.2) is 0 Å². The number of piperidine rings is 1. The minimum absolute atomic E-state index is 0.270. The molecule has 2 atom stereocenters. The second kappa shape index (κ2) is 6.32. The average molecular weight is 312 g/mol. The van der Waals surface area contributed by atoms with Gasteiger partial charge in [0, 0.05) is 25.7 Å². The molecule has 1 aromatic heterocycles. The van der Waals surface area contributed by atoms with Gasteiger partial charge >= 0.3 is 0 Å². The Labute approximate surface area is 130 Å². The van der Waals surface area contributed by atoms with Crippen LogP contribution in [0.4, 0.5) is 11.9 Å². The summed E-state index contributed by atoms with van der Waals surface area (Å²) in [4.78, 5) is 17.7. The van der Waals surface area contributed by atoms with Gasteiger partial charge in [0.05, 0.1) is 13.2 Å². The number of hydrogen-bond donors (Lipinski definition) is 0. The summed E-state index contributed by atoms with van der Waals surface area (Å²) in [5, 5.41) is 0.270. The predicted octanol–water partition coefficient (Wildman–Crippen LogP) is 1.99. The Morgan fingerprint density at radius 2 is 1.76 bits per heavy atom. The quantitative estimate of drug-likeness (QED) is 0.832. The Hall–Kier alpha value is -1.14. The molecule has 2 aliphatic heterocycles. The zero-order chi connectivity index (χ0) is 14.8. The highest BCUT2D eigenvalue weighted by Gasteiger charge is 2.26. The van der Waals surface area contributed by atoms with Crippen LogP contribution in [0.15, 0.2) is 0 Å². The number of nitrogens with zero attached hydrogens (tertiary/aromatic N) is 5. The highest BCUT2D eigenvalue weighted by Crippen LogP contribution is 2.26. The van der Waals surface area contributed by atoms with E-state index in [0.29, 0.717) is 37.1 Å². The maximum Gasteiger partial charge on any atom is 0.231 e. The van der Waals surface area contributed by atoms with Crippen LogP contribution in [0.3, 0.4) is 0 Å². The lowest BCUT2D eigenvalue weighted by Crippen LogP contribution is -2.43. The Morgan fingerprint density at radius 1 is 1.05 bits per heavy atom. The van der Waals surface area contributed by atoms with Gasteiger partial charge in [0.1, 0.15) is 0 Å². The van der Waals surface area contributed by atoms with E-state index in [9.17, 15) is 0 Å². The maximum absolute atomic E-state index is 6.13. The molecule has 7 heteroatoms. The minimum atomic E-state index is 0.270. The number of morpholine rings is 1. The summed E-state index contributed by atoms with van der Waals surface area (Å²) in [5.41, 5.74) is 0. The molecular weight excluding hydrogens is 290 g/mol. The number of anilines is 2. The fourth-order valence-corrected chi connectivity index (χ4v) is 3.08. The first-order valence-electron chi connectivity index (χ1n) is 7.64. The first-order valence-corrected chi connectivity index (χ1v) is 8.02. The number of hydrogen-bond acceptors (Lipinski definition) is 6. The van der Waals surface area contributed by atoms with Crippen LogP contribution in [0.25, 0.3) is 0 Å². The molecule has 0 bridgehead atoms. The lowest BCUT2D eigenvalue weighted by atomic mass is 9.95. The van der Waals surface area contributed by atoms with Crippen LogP contribution in [0, 0.1) is 5.92 Å². The van der Waals surface area contributed by atoms with E-state index in [1.807, 2.05) is 0 Å². The standard InChI is InChI=1S/C14H22ClN5O/c1-10-3-4-11(2)20(9-10)14-17-12(15)16-13(18-14)19-5-7-21-8-6-19/h10-11H,3-9H2,1-2H3. The van der Waals surface area contributed by atoms with E-state index in [-0.39, 0.29) is 5.28 Å². The Kier molecular flexibility index (Phi) is 4.45. The second-order valence-corrected chi connectivity index (χ2v) is 6.33. The van der Waals surface area contributed by atoms with E-state index in [1.54, 1.807) is 0 Å². The molecule has 0 aliphatic carbocycles. The van der Waals surface area contributed by atoms with Crippen molar-refractivity contribution in [2.75, 3.05) is 42.6 Å². The van der Waals surface area contributed by atoms with Crippen LogP contribution in [0.5, 0.6) is 0 Å². The maximum atomic E-state index is 6.13. The van der Waals surface area contributed by atoms with Crippen LogP contribution in [0.1, 0.15) is 26.7 Å². The fraction of sp³-hybridized carbons (Fsp3) is 0.786. The zero-order valence-corrected chi connectivity index (χ0v) is 13.4. The number of ether oxygens (including phenoxy) is 1. The third-order valence-corrected chi connectivity index (χ3v) is 4.42. The molecule has 0 spiro atoms. The van der Waals surface area contributed by atoms with Crippen molar-refractivity contribution in [3.05, 3.63) is 5.28 Å². The highest BCUT2D eigenvalue weighted by atomic mass is 35.5. The molecule has 2 aliphatic rings. The van der Waals surface area contributed by atoms with E-state index in [1.165, 1.54) is 6.42 Å². The van der Waals surface area contributed by atoms with Crippen LogP contribution in [0.2, 0.25) is 5.28 Å². The smallest absolute Gasteiger partial charge is 0.231 e. The molecule has 21 heavy (non-hydrogen) atoms. The van der Waals surface area contributed by atoms with Crippen molar-refractivity contribution >= 4 is 23.5 Å². The van der Waals surface area contributed by atoms with Gasteiger partial charge < -0.3 is 14.5 Å². The van der Waals surface area contributed by atoms with Gasteiger partial charge in [0.15, 0.2) is 0 Å². The molecule has 0 amide bonds. The van der Waals surface area contributed by atoms with Gasteiger partial charge in [0.2, 0.25) is 17.2 Å². The van der Waals surface area contributed by atoms with E-state index in [2.05, 4.69) is 38.6 Å². The van der Waals surface area contributed by atoms with Crippen molar-refractivity contribution in [1.29, 1.82) is 0 Å². The van der Waals surface area contributed by atoms with Gasteiger partial charge in [-0.15, -0.1) is 0 Å². The first kappa shape index (κ1) is 14.8. The summed E-state index contributed by atoms with van der Waals surface area (Å²) in [6.45, 7) is 8.47.